The molecule has 1 aliphatic rings. The Morgan fingerprint density at radius 1 is 1.15 bits per heavy atom. The Labute approximate surface area is 160 Å². The van der Waals surface area contributed by atoms with Crippen LogP contribution in [0.1, 0.15) is 34.0 Å². The molecule has 6 heteroatoms. The van der Waals surface area contributed by atoms with Gasteiger partial charge in [-0.1, -0.05) is 51.8 Å². The molecule has 1 aliphatic heterocycles. The van der Waals surface area contributed by atoms with E-state index >= 15 is 0 Å². The van der Waals surface area contributed by atoms with Crippen molar-refractivity contribution in [2.45, 2.75) is 26.3 Å². The van der Waals surface area contributed by atoms with E-state index in [9.17, 15) is 14.4 Å². The second-order valence-corrected chi connectivity index (χ2v) is 7.61. The van der Waals surface area contributed by atoms with Gasteiger partial charge in [-0.2, -0.15) is 0 Å². The lowest BCUT2D eigenvalue weighted by molar-refractivity contribution is -0.130. The minimum atomic E-state index is -1.19. The van der Waals surface area contributed by atoms with Gasteiger partial charge in [0.2, 0.25) is 0 Å². The van der Waals surface area contributed by atoms with Crippen molar-refractivity contribution >= 4 is 33.7 Å². The van der Waals surface area contributed by atoms with Gasteiger partial charge in [0.1, 0.15) is 5.54 Å². The number of halogens is 1. The molecule has 0 radical (unpaired) electrons. The zero-order chi connectivity index (χ0) is 19.1. The lowest BCUT2D eigenvalue weighted by atomic mass is 9.92. The van der Waals surface area contributed by atoms with E-state index in [1.165, 1.54) is 0 Å². The molecular formula is C20H19BrN2O3. The van der Waals surface area contributed by atoms with Crippen LogP contribution in [0, 0.1) is 13.8 Å². The molecule has 1 heterocycles. The van der Waals surface area contributed by atoms with Crippen molar-refractivity contribution in [2.24, 2.45) is 0 Å². The first-order valence-electron chi connectivity index (χ1n) is 8.23. The molecule has 1 fully saturated rings. The van der Waals surface area contributed by atoms with E-state index in [4.69, 9.17) is 0 Å². The molecule has 0 bridgehead atoms. The molecule has 26 heavy (non-hydrogen) atoms. The highest BCUT2D eigenvalue weighted by Gasteiger charge is 2.49. The Morgan fingerprint density at radius 3 is 2.54 bits per heavy atom. The third-order valence-electron chi connectivity index (χ3n) is 4.66. The quantitative estimate of drug-likeness (QED) is 0.612. The zero-order valence-electron chi connectivity index (χ0n) is 14.8. The van der Waals surface area contributed by atoms with Crippen LogP contribution in [-0.4, -0.2) is 29.2 Å². The van der Waals surface area contributed by atoms with Gasteiger partial charge in [-0.05, 0) is 44.0 Å². The van der Waals surface area contributed by atoms with E-state index < -0.39 is 17.5 Å². The number of aryl methyl sites for hydroxylation is 2. The topological polar surface area (TPSA) is 66.5 Å². The molecule has 0 spiro atoms. The first kappa shape index (κ1) is 18.3. The molecule has 5 nitrogen and oxygen atoms in total. The maximum atomic E-state index is 12.9. The van der Waals surface area contributed by atoms with Crippen LogP contribution >= 0.6 is 15.9 Å². The minimum Gasteiger partial charge on any atom is -0.319 e. The molecule has 134 valence electrons. The molecule has 0 aromatic heterocycles. The van der Waals surface area contributed by atoms with E-state index in [0.717, 1.165) is 20.5 Å². The van der Waals surface area contributed by atoms with Crippen molar-refractivity contribution in [3.8, 4) is 0 Å². The van der Waals surface area contributed by atoms with Crippen LogP contribution in [0.3, 0.4) is 0 Å². The van der Waals surface area contributed by atoms with Gasteiger partial charge in [0.25, 0.3) is 5.91 Å². The van der Waals surface area contributed by atoms with E-state index in [1.807, 2.05) is 32.0 Å². The molecule has 1 atom stereocenters. The Hall–Kier alpha value is -2.47. The van der Waals surface area contributed by atoms with Crippen molar-refractivity contribution in [2.75, 3.05) is 6.54 Å². The molecule has 0 unspecified atom stereocenters. The fourth-order valence-corrected chi connectivity index (χ4v) is 3.59. The Bertz CT molecular complexity index is 925. The van der Waals surface area contributed by atoms with Gasteiger partial charge < -0.3 is 5.32 Å². The molecule has 0 aliphatic carbocycles. The van der Waals surface area contributed by atoms with E-state index in [1.54, 1.807) is 31.2 Å². The summed E-state index contributed by atoms with van der Waals surface area (Å²) in [4.78, 5) is 39.0. The smallest absolute Gasteiger partial charge is 0.319 e. The second kappa shape index (κ2) is 6.68. The molecule has 1 N–H and O–H groups in total. The van der Waals surface area contributed by atoms with Crippen LogP contribution in [-0.2, 0) is 10.3 Å². The summed E-state index contributed by atoms with van der Waals surface area (Å²) in [6.45, 7) is 5.16. The van der Waals surface area contributed by atoms with Crippen molar-refractivity contribution in [1.29, 1.82) is 0 Å². The highest BCUT2D eigenvalue weighted by atomic mass is 79.9. The van der Waals surface area contributed by atoms with Gasteiger partial charge in [-0.15, -0.1) is 0 Å². The number of imide groups is 1. The van der Waals surface area contributed by atoms with Gasteiger partial charge in [0.15, 0.2) is 5.78 Å². The second-order valence-electron chi connectivity index (χ2n) is 6.70. The largest absolute Gasteiger partial charge is 0.325 e. The number of rotatable bonds is 4. The van der Waals surface area contributed by atoms with E-state index in [-0.39, 0.29) is 12.3 Å². The maximum Gasteiger partial charge on any atom is 0.325 e. The summed E-state index contributed by atoms with van der Waals surface area (Å²) in [7, 11) is 0. The summed E-state index contributed by atoms with van der Waals surface area (Å²) in [6, 6.07) is 12.1. The average Bonchev–Trinajstić information content (AvgIpc) is 2.79. The predicted molar refractivity (Wildman–Crippen MR) is 102 cm³/mol. The van der Waals surface area contributed by atoms with Crippen LogP contribution in [0.15, 0.2) is 46.9 Å². The van der Waals surface area contributed by atoms with Crippen molar-refractivity contribution in [3.63, 3.8) is 0 Å². The number of benzene rings is 2. The van der Waals surface area contributed by atoms with Gasteiger partial charge in [-0.25, -0.2) is 4.79 Å². The first-order chi connectivity index (χ1) is 12.2. The number of carbonyl (C=O) groups excluding carboxylic acids is 3. The van der Waals surface area contributed by atoms with Gasteiger partial charge >= 0.3 is 6.03 Å². The fourth-order valence-electron chi connectivity index (χ4n) is 3.19. The van der Waals surface area contributed by atoms with Crippen LogP contribution in [0.25, 0.3) is 0 Å². The highest BCUT2D eigenvalue weighted by molar-refractivity contribution is 9.10. The summed E-state index contributed by atoms with van der Waals surface area (Å²) in [5, 5.41) is 2.72. The number of nitrogens with one attached hydrogen (secondary N) is 1. The number of Topliss-reactive ketones (excluding diaryl/α,β-unsaturated/α-hetero) is 1. The number of hydrogen-bond acceptors (Lipinski definition) is 3. The van der Waals surface area contributed by atoms with Crippen LogP contribution < -0.4 is 5.32 Å². The molecule has 0 saturated carbocycles. The van der Waals surface area contributed by atoms with Crippen molar-refractivity contribution < 1.29 is 14.4 Å². The zero-order valence-corrected chi connectivity index (χ0v) is 16.4. The number of carbonyl (C=O) groups is 3. The van der Waals surface area contributed by atoms with Crippen molar-refractivity contribution in [1.82, 2.24) is 10.2 Å². The Morgan fingerprint density at radius 2 is 1.88 bits per heavy atom. The van der Waals surface area contributed by atoms with Crippen LogP contribution in [0.2, 0.25) is 0 Å². The number of ketones is 1. The fraction of sp³-hybridized carbons (Fsp3) is 0.250. The van der Waals surface area contributed by atoms with Crippen molar-refractivity contribution in [3.05, 3.63) is 69.2 Å². The van der Waals surface area contributed by atoms with E-state index in [0.29, 0.717) is 11.1 Å². The third-order valence-corrected chi connectivity index (χ3v) is 5.15. The average molecular weight is 415 g/mol. The normalized spacial score (nSPS) is 19.6. The summed E-state index contributed by atoms with van der Waals surface area (Å²) in [6.07, 6.45) is 0. The number of nitrogens with zero attached hydrogens (tertiary/aromatic N) is 1. The Kier molecular flexibility index (Phi) is 4.71. The monoisotopic (exact) mass is 414 g/mol. The summed E-state index contributed by atoms with van der Waals surface area (Å²) in [5.74, 6) is -0.691. The van der Waals surface area contributed by atoms with Crippen LogP contribution in [0.4, 0.5) is 4.79 Å². The SMILES string of the molecule is Cc1ccc(C(=O)CN2C(=O)N[C@@](C)(c3cccc(Br)c3)C2=O)c(C)c1. The van der Waals surface area contributed by atoms with Gasteiger partial charge in [0, 0.05) is 10.0 Å². The highest BCUT2D eigenvalue weighted by Crippen LogP contribution is 2.30. The predicted octanol–water partition coefficient (Wildman–Crippen LogP) is 3.72. The van der Waals surface area contributed by atoms with Crippen LogP contribution in [0.5, 0.6) is 0 Å². The third kappa shape index (κ3) is 3.17. The number of urea groups is 1. The minimum absolute atomic E-state index is 0.260. The summed E-state index contributed by atoms with van der Waals surface area (Å²) < 4.78 is 0.808. The first-order valence-corrected chi connectivity index (χ1v) is 9.02. The molecule has 1 saturated heterocycles. The summed E-state index contributed by atoms with van der Waals surface area (Å²) >= 11 is 3.38. The molecule has 3 amide bonds. The van der Waals surface area contributed by atoms with Gasteiger partial charge in [-0.3, -0.25) is 14.5 Å². The Balaban J connectivity index is 1.86. The summed E-state index contributed by atoms with van der Waals surface area (Å²) in [5.41, 5.74) is 1.87. The molecular weight excluding hydrogens is 396 g/mol. The number of amides is 3. The standard InChI is InChI=1S/C20H19BrN2O3/c1-12-7-8-16(13(2)9-12)17(24)11-23-18(25)20(3,22-19(23)26)14-5-4-6-15(21)10-14/h4-10H,11H2,1-3H3,(H,22,26)/t20-/m0/s1. The molecule has 2 aromatic rings. The van der Waals surface area contributed by atoms with Gasteiger partial charge in [0.05, 0.1) is 6.54 Å². The lowest BCUT2D eigenvalue weighted by Crippen LogP contribution is -2.41. The molecule has 2 aromatic carbocycles. The molecule has 3 rings (SSSR count). The number of hydrogen-bond donors (Lipinski definition) is 1. The lowest BCUT2D eigenvalue weighted by Gasteiger charge is -2.22. The van der Waals surface area contributed by atoms with E-state index in [2.05, 4.69) is 21.2 Å². The maximum absolute atomic E-state index is 12.9.